The van der Waals surface area contributed by atoms with Gasteiger partial charge >= 0.3 is 0 Å². The smallest absolute Gasteiger partial charge is 0.284 e. The number of carbonyl (C=O) groups excluding carboxylic acids is 1. The van der Waals surface area contributed by atoms with E-state index in [0.29, 0.717) is 3.57 Å². The Morgan fingerprint density at radius 2 is 1.86 bits per heavy atom. The molecule has 1 amide bonds. The average Bonchev–Trinajstić information content (AvgIpc) is 2.93. The number of sulfonamides is 1. The highest BCUT2D eigenvalue weighted by Gasteiger charge is 2.34. The third-order valence-corrected chi connectivity index (χ3v) is 7.02. The predicted octanol–water partition coefficient (Wildman–Crippen LogP) is 4.25. The quantitative estimate of drug-likeness (QED) is 0.435. The van der Waals surface area contributed by atoms with E-state index in [4.69, 9.17) is 0 Å². The monoisotopic (exact) mass is 534 g/mol. The number of rotatable bonds is 4. The molecule has 0 saturated carbocycles. The summed E-state index contributed by atoms with van der Waals surface area (Å²) in [5.41, 5.74) is 0.224. The van der Waals surface area contributed by atoms with Gasteiger partial charge in [0.25, 0.3) is 15.9 Å². The van der Waals surface area contributed by atoms with Crippen molar-refractivity contribution < 1.29 is 22.0 Å². The maximum Gasteiger partial charge on any atom is 0.284 e. The van der Waals surface area contributed by atoms with Crippen molar-refractivity contribution in [2.75, 3.05) is 6.54 Å². The van der Waals surface area contributed by atoms with E-state index in [2.05, 4.69) is 4.40 Å². The normalized spacial score (nSPS) is 17.7. The van der Waals surface area contributed by atoms with Gasteiger partial charge in [-0.25, -0.2) is 8.78 Å². The van der Waals surface area contributed by atoms with Crippen molar-refractivity contribution in [3.05, 3.63) is 68.1 Å². The number of hydrogen-bond donors (Lipinski definition) is 0. The second kappa shape index (κ2) is 8.29. The fourth-order valence-electron chi connectivity index (χ4n) is 2.39. The number of benzene rings is 2. The largest absolute Gasteiger partial charge is 0.286 e. The lowest BCUT2D eigenvalue weighted by molar-refractivity contribution is -0.122. The number of amides is 1. The lowest BCUT2D eigenvalue weighted by atomic mass is 10.2. The SMILES string of the molecule is CCN1C(=O)/C(=C/c2cccc(I)c2F)SC1=NS(=O)(=O)c1ccc(F)cc1. The highest BCUT2D eigenvalue weighted by molar-refractivity contribution is 14.1. The Morgan fingerprint density at radius 3 is 2.50 bits per heavy atom. The first-order chi connectivity index (χ1) is 13.2. The highest BCUT2D eigenvalue weighted by atomic mass is 127. The molecule has 0 aliphatic carbocycles. The summed E-state index contributed by atoms with van der Waals surface area (Å²) in [7, 11) is -4.13. The van der Waals surface area contributed by atoms with Crippen molar-refractivity contribution in [2.45, 2.75) is 11.8 Å². The zero-order chi connectivity index (χ0) is 20.5. The molecule has 1 aliphatic rings. The first kappa shape index (κ1) is 20.9. The van der Waals surface area contributed by atoms with E-state index in [1.807, 2.05) is 22.6 Å². The second-order valence-electron chi connectivity index (χ2n) is 5.61. The van der Waals surface area contributed by atoms with Gasteiger partial charge in [-0.3, -0.25) is 9.69 Å². The molecule has 0 radical (unpaired) electrons. The van der Waals surface area contributed by atoms with Crippen molar-refractivity contribution in [2.24, 2.45) is 4.40 Å². The number of carbonyl (C=O) groups is 1. The number of hydrogen-bond acceptors (Lipinski definition) is 4. The van der Waals surface area contributed by atoms with E-state index in [-0.39, 0.29) is 27.1 Å². The fraction of sp³-hybridized carbons (Fsp3) is 0.111. The van der Waals surface area contributed by atoms with E-state index in [1.54, 1.807) is 19.1 Å². The highest BCUT2D eigenvalue weighted by Crippen LogP contribution is 2.34. The molecule has 5 nitrogen and oxygen atoms in total. The van der Waals surface area contributed by atoms with Crippen LogP contribution in [0.1, 0.15) is 12.5 Å². The van der Waals surface area contributed by atoms with Gasteiger partial charge in [-0.05, 0) is 77.7 Å². The maximum absolute atomic E-state index is 14.2. The first-order valence-electron chi connectivity index (χ1n) is 7.99. The Labute approximate surface area is 178 Å². The number of nitrogens with zero attached hydrogens (tertiary/aromatic N) is 2. The van der Waals surface area contributed by atoms with E-state index in [1.165, 1.54) is 17.0 Å². The van der Waals surface area contributed by atoms with Crippen molar-refractivity contribution in [1.82, 2.24) is 4.90 Å². The van der Waals surface area contributed by atoms with E-state index >= 15 is 0 Å². The average molecular weight is 534 g/mol. The summed E-state index contributed by atoms with van der Waals surface area (Å²) in [6, 6.07) is 9.02. The molecule has 0 unspecified atom stereocenters. The van der Waals surface area contributed by atoms with Crippen LogP contribution in [0.25, 0.3) is 6.08 Å². The van der Waals surface area contributed by atoms with Crippen LogP contribution in [0.3, 0.4) is 0 Å². The third-order valence-electron chi connectivity index (χ3n) is 3.78. The molecule has 28 heavy (non-hydrogen) atoms. The molecule has 2 aromatic rings. The first-order valence-corrected chi connectivity index (χ1v) is 11.3. The molecule has 0 aromatic heterocycles. The van der Waals surface area contributed by atoms with Gasteiger partial charge in [0, 0.05) is 15.7 Å². The van der Waals surface area contributed by atoms with Crippen LogP contribution in [-0.2, 0) is 14.8 Å². The lowest BCUT2D eigenvalue weighted by Crippen LogP contribution is -2.29. The van der Waals surface area contributed by atoms with Crippen molar-refractivity contribution in [1.29, 1.82) is 0 Å². The molecule has 0 atom stereocenters. The molecule has 3 rings (SSSR count). The molecular formula is C18H13F2IN2O3S2. The fourth-order valence-corrected chi connectivity index (χ4v) is 5.14. The molecule has 146 valence electrons. The molecule has 1 aliphatic heterocycles. The minimum atomic E-state index is -4.13. The summed E-state index contributed by atoms with van der Waals surface area (Å²) in [6.45, 7) is 1.86. The van der Waals surface area contributed by atoms with Crippen LogP contribution in [0.15, 0.2) is 56.7 Å². The van der Waals surface area contributed by atoms with Gasteiger partial charge in [-0.15, -0.1) is 4.40 Å². The summed E-state index contributed by atoms with van der Waals surface area (Å²) in [6.07, 6.45) is 1.38. The summed E-state index contributed by atoms with van der Waals surface area (Å²) >= 11 is 2.70. The Bertz CT molecular complexity index is 1100. The zero-order valence-electron chi connectivity index (χ0n) is 14.4. The van der Waals surface area contributed by atoms with Gasteiger partial charge in [-0.1, -0.05) is 12.1 Å². The van der Waals surface area contributed by atoms with Crippen LogP contribution in [0.5, 0.6) is 0 Å². The zero-order valence-corrected chi connectivity index (χ0v) is 18.2. The summed E-state index contributed by atoms with van der Waals surface area (Å²) in [5.74, 6) is -1.49. The molecule has 0 N–H and O–H groups in total. The minimum absolute atomic E-state index is 0.0332. The van der Waals surface area contributed by atoms with Crippen molar-refractivity contribution in [3.63, 3.8) is 0 Å². The molecule has 1 saturated heterocycles. The Kier molecular flexibility index (Phi) is 6.20. The third kappa shape index (κ3) is 4.28. The molecule has 0 bridgehead atoms. The Balaban J connectivity index is 1.99. The van der Waals surface area contributed by atoms with Crippen molar-refractivity contribution >= 4 is 61.5 Å². The Morgan fingerprint density at radius 1 is 1.18 bits per heavy atom. The van der Waals surface area contributed by atoms with Gasteiger partial charge in [0.1, 0.15) is 11.6 Å². The minimum Gasteiger partial charge on any atom is -0.286 e. The van der Waals surface area contributed by atoms with Crippen LogP contribution in [0, 0.1) is 15.2 Å². The van der Waals surface area contributed by atoms with Gasteiger partial charge in [0.2, 0.25) is 0 Å². The lowest BCUT2D eigenvalue weighted by Gasteiger charge is -2.11. The van der Waals surface area contributed by atoms with Crippen LogP contribution in [-0.4, -0.2) is 30.9 Å². The predicted molar refractivity (Wildman–Crippen MR) is 113 cm³/mol. The Hall–Kier alpha value is -1.79. The summed E-state index contributed by atoms with van der Waals surface area (Å²) in [5, 5.41) is -0.0332. The van der Waals surface area contributed by atoms with Gasteiger partial charge in [0.15, 0.2) is 5.17 Å². The number of amidine groups is 1. The molecule has 1 heterocycles. The molecule has 1 fully saturated rings. The van der Waals surface area contributed by atoms with E-state index < -0.39 is 27.6 Å². The second-order valence-corrected chi connectivity index (χ2v) is 9.38. The molecule has 0 spiro atoms. The van der Waals surface area contributed by atoms with Gasteiger partial charge in [0.05, 0.1) is 9.80 Å². The topological polar surface area (TPSA) is 66.8 Å². The molecular weight excluding hydrogens is 521 g/mol. The van der Waals surface area contributed by atoms with Crippen LogP contribution in [0.4, 0.5) is 8.78 Å². The molecule has 10 heteroatoms. The van der Waals surface area contributed by atoms with E-state index in [9.17, 15) is 22.0 Å². The van der Waals surface area contributed by atoms with Crippen LogP contribution < -0.4 is 0 Å². The van der Waals surface area contributed by atoms with Gasteiger partial charge < -0.3 is 0 Å². The summed E-state index contributed by atoms with van der Waals surface area (Å²) < 4.78 is 56.4. The van der Waals surface area contributed by atoms with E-state index in [0.717, 1.165) is 36.0 Å². The van der Waals surface area contributed by atoms with Crippen molar-refractivity contribution in [3.8, 4) is 0 Å². The number of thioether (sulfide) groups is 1. The van der Waals surface area contributed by atoms with Gasteiger partial charge in [-0.2, -0.15) is 8.42 Å². The molecule has 2 aromatic carbocycles. The number of likely N-dealkylation sites (N-methyl/N-ethyl adjacent to an activating group) is 1. The van der Waals surface area contributed by atoms with Crippen LogP contribution in [0.2, 0.25) is 0 Å². The maximum atomic E-state index is 14.2. The number of halogens is 3. The standard InChI is InChI=1S/C18H13F2IN2O3S2/c1-2-23-17(24)15(10-11-4-3-5-14(21)16(11)20)27-18(23)22-28(25,26)13-8-6-12(19)7-9-13/h3-10H,2H2,1H3/b15-10-,22-18?. The van der Waals surface area contributed by atoms with Crippen LogP contribution >= 0.6 is 34.4 Å². The summed E-state index contributed by atoms with van der Waals surface area (Å²) in [4.78, 5) is 13.8.